The predicted molar refractivity (Wildman–Crippen MR) is 105 cm³/mol. The molecule has 1 fully saturated rings. The smallest absolute Gasteiger partial charge is 0.224 e. The van der Waals surface area contributed by atoms with E-state index in [-0.39, 0.29) is 5.91 Å². The predicted octanol–water partition coefficient (Wildman–Crippen LogP) is 5.03. The fourth-order valence-electron chi connectivity index (χ4n) is 3.57. The molecule has 1 N–H and O–H groups in total. The molecular weight excluding hydrogens is 340 g/mol. The van der Waals surface area contributed by atoms with Gasteiger partial charge in [0.2, 0.25) is 5.91 Å². The Hall–Kier alpha value is -2.82. The SMILES string of the molecule is Cc1nc2ccc(NC(=O)CCc3cccc(OC4CCCC4)c3)cc2o1. The zero-order chi connectivity index (χ0) is 18.6. The van der Waals surface area contributed by atoms with E-state index < -0.39 is 0 Å². The Morgan fingerprint density at radius 2 is 2.07 bits per heavy atom. The number of nitrogens with one attached hydrogen (secondary N) is 1. The Morgan fingerprint density at radius 3 is 2.93 bits per heavy atom. The van der Waals surface area contributed by atoms with Crippen molar-refractivity contribution in [1.82, 2.24) is 4.98 Å². The maximum Gasteiger partial charge on any atom is 0.224 e. The molecule has 0 aliphatic heterocycles. The molecule has 1 aromatic heterocycles. The van der Waals surface area contributed by atoms with Crippen molar-refractivity contribution in [3.8, 4) is 5.75 Å². The summed E-state index contributed by atoms with van der Waals surface area (Å²) in [5, 5.41) is 2.93. The largest absolute Gasteiger partial charge is 0.490 e. The lowest BCUT2D eigenvalue weighted by atomic mass is 10.1. The Balaban J connectivity index is 1.32. The summed E-state index contributed by atoms with van der Waals surface area (Å²) < 4.78 is 11.6. The maximum absolute atomic E-state index is 12.3. The van der Waals surface area contributed by atoms with Crippen LogP contribution in [0.4, 0.5) is 5.69 Å². The molecule has 0 radical (unpaired) electrons. The van der Waals surface area contributed by atoms with Gasteiger partial charge in [-0.15, -0.1) is 0 Å². The van der Waals surface area contributed by atoms with Crippen molar-refractivity contribution >= 4 is 22.7 Å². The number of rotatable bonds is 6. The zero-order valence-corrected chi connectivity index (χ0v) is 15.5. The highest BCUT2D eigenvalue weighted by molar-refractivity contribution is 5.92. The summed E-state index contributed by atoms with van der Waals surface area (Å²) in [5.41, 5.74) is 3.32. The Labute approximate surface area is 158 Å². The number of aromatic nitrogens is 1. The average molecular weight is 364 g/mol. The molecule has 2 aromatic carbocycles. The summed E-state index contributed by atoms with van der Waals surface area (Å²) in [6.45, 7) is 1.81. The molecular formula is C22H24N2O3. The first-order valence-corrected chi connectivity index (χ1v) is 9.58. The van der Waals surface area contributed by atoms with E-state index in [1.165, 1.54) is 12.8 Å². The molecule has 3 aromatic rings. The monoisotopic (exact) mass is 364 g/mol. The Morgan fingerprint density at radius 1 is 1.22 bits per heavy atom. The lowest BCUT2D eigenvalue weighted by Crippen LogP contribution is -2.13. The minimum absolute atomic E-state index is 0.0206. The number of benzene rings is 2. The van der Waals surface area contributed by atoms with Gasteiger partial charge in [0.1, 0.15) is 11.3 Å². The lowest BCUT2D eigenvalue weighted by Gasteiger charge is -2.13. The van der Waals surface area contributed by atoms with E-state index in [9.17, 15) is 4.79 Å². The van der Waals surface area contributed by atoms with Crippen LogP contribution in [0.25, 0.3) is 11.1 Å². The number of aryl methyl sites for hydroxylation is 2. The third kappa shape index (κ3) is 4.48. The molecule has 5 nitrogen and oxygen atoms in total. The van der Waals surface area contributed by atoms with Gasteiger partial charge in [0.25, 0.3) is 0 Å². The number of fused-ring (bicyclic) bond motifs is 1. The van der Waals surface area contributed by atoms with Crippen molar-refractivity contribution in [3.05, 3.63) is 53.9 Å². The summed E-state index contributed by atoms with van der Waals surface area (Å²) in [7, 11) is 0. The van der Waals surface area contributed by atoms with Gasteiger partial charge in [0.05, 0.1) is 6.10 Å². The van der Waals surface area contributed by atoms with E-state index in [2.05, 4.69) is 16.4 Å². The molecule has 1 amide bonds. The highest BCUT2D eigenvalue weighted by atomic mass is 16.5. The molecule has 4 rings (SSSR count). The van der Waals surface area contributed by atoms with Crippen molar-refractivity contribution in [1.29, 1.82) is 0 Å². The van der Waals surface area contributed by atoms with Crippen molar-refractivity contribution < 1.29 is 13.9 Å². The molecule has 140 valence electrons. The Kier molecular flexibility index (Phi) is 5.10. The molecule has 0 unspecified atom stereocenters. The van der Waals surface area contributed by atoms with Crippen LogP contribution in [0.2, 0.25) is 0 Å². The molecule has 1 aliphatic carbocycles. The average Bonchev–Trinajstić information content (AvgIpc) is 3.28. The summed E-state index contributed by atoms with van der Waals surface area (Å²) in [6.07, 6.45) is 6.23. The molecule has 1 saturated carbocycles. The van der Waals surface area contributed by atoms with E-state index in [0.717, 1.165) is 35.4 Å². The number of carbonyl (C=O) groups is 1. The van der Waals surface area contributed by atoms with Crippen LogP contribution in [0, 0.1) is 6.92 Å². The maximum atomic E-state index is 12.3. The zero-order valence-electron chi connectivity index (χ0n) is 15.5. The quantitative estimate of drug-likeness (QED) is 0.666. The number of hydrogen-bond acceptors (Lipinski definition) is 4. The summed E-state index contributed by atoms with van der Waals surface area (Å²) in [6, 6.07) is 13.6. The van der Waals surface area contributed by atoms with Crippen LogP contribution in [0.5, 0.6) is 5.75 Å². The molecule has 1 aliphatic rings. The molecule has 0 saturated heterocycles. The van der Waals surface area contributed by atoms with Gasteiger partial charge in [-0.3, -0.25) is 4.79 Å². The first kappa shape index (κ1) is 17.6. The first-order valence-electron chi connectivity index (χ1n) is 9.58. The van der Waals surface area contributed by atoms with E-state index in [1.807, 2.05) is 43.3 Å². The number of oxazole rings is 1. The second-order valence-electron chi connectivity index (χ2n) is 7.14. The number of amides is 1. The van der Waals surface area contributed by atoms with Crippen LogP contribution in [0.15, 0.2) is 46.9 Å². The number of ether oxygens (including phenoxy) is 1. The van der Waals surface area contributed by atoms with Gasteiger partial charge in [0.15, 0.2) is 11.5 Å². The summed E-state index contributed by atoms with van der Waals surface area (Å²) in [5.74, 6) is 1.51. The van der Waals surface area contributed by atoms with Crippen molar-refractivity contribution in [2.75, 3.05) is 5.32 Å². The van der Waals surface area contributed by atoms with Gasteiger partial charge in [-0.2, -0.15) is 0 Å². The molecule has 0 spiro atoms. The van der Waals surface area contributed by atoms with Gasteiger partial charge in [-0.1, -0.05) is 12.1 Å². The fraction of sp³-hybridized carbons (Fsp3) is 0.364. The van der Waals surface area contributed by atoms with Gasteiger partial charge in [0, 0.05) is 25.1 Å². The lowest BCUT2D eigenvalue weighted by molar-refractivity contribution is -0.116. The normalized spacial score (nSPS) is 14.6. The molecule has 1 heterocycles. The first-order chi connectivity index (χ1) is 13.2. The van der Waals surface area contributed by atoms with Gasteiger partial charge < -0.3 is 14.5 Å². The highest BCUT2D eigenvalue weighted by Gasteiger charge is 2.16. The van der Waals surface area contributed by atoms with Gasteiger partial charge in [-0.25, -0.2) is 4.98 Å². The molecule has 0 atom stereocenters. The van der Waals surface area contributed by atoms with Crippen molar-refractivity contribution in [2.24, 2.45) is 0 Å². The van der Waals surface area contributed by atoms with E-state index >= 15 is 0 Å². The van der Waals surface area contributed by atoms with E-state index in [1.54, 1.807) is 0 Å². The number of nitrogens with zero attached hydrogens (tertiary/aromatic N) is 1. The van der Waals surface area contributed by atoms with E-state index in [0.29, 0.717) is 30.4 Å². The molecule has 5 heteroatoms. The minimum atomic E-state index is -0.0206. The standard InChI is InChI=1S/C22H24N2O3/c1-15-23-20-11-10-17(14-21(20)26-15)24-22(25)12-9-16-5-4-8-19(13-16)27-18-6-2-3-7-18/h4-5,8,10-11,13-14,18H,2-3,6-7,9,12H2,1H3,(H,24,25). The minimum Gasteiger partial charge on any atom is -0.490 e. The fourth-order valence-corrected chi connectivity index (χ4v) is 3.57. The van der Waals surface area contributed by atoms with Crippen LogP contribution < -0.4 is 10.1 Å². The third-order valence-corrected chi connectivity index (χ3v) is 4.92. The molecule has 0 bridgehead atoms. The molecule has 27 heavy (non-hydrogen) atoms. The topological polar surface area (TPSA) is 64.4 Å². The summed E-state index contributed by atoms with van der Waals surface area (Å²) in [4.78, 5) is 16.6. The van der Waals surface area contributed by atoms with Crippen LogP contribution in [0.3, 0.4) is 0 Å². The van der Waals surface area contributed by atoms with Gasteiger partial charge in [-0.05, 0) is 61.9 Å². The Bertz CT molecular complexity index is 942. The van der Waals surface area contributed by atoms with Crippen LogP contribution >= 0.6 is 0 Å². The van der Waals surface area contributed by atoms with Gasteiger partial charge >= 0.3 is 0 Å². The van der Waals surface area contributed by atoms with Crippen molar-refractivity contribution in [2.45, 2.75) is 51.6 Å². The second-order valence-corrected chi connectivity index (χ2v) is 7.14. The van der Waals surface area contributed by atoms with Crippen LogP contribution in [0.1, 0.15) is 43.6 Å². The van der Waals surface area contributed by atoms with Crippen molar-refractivity contribution in [3.63, 3.8) is 0 Å². The summed E-state index contributed by atoms with van der Waals surface area (Å²) >= 11 is 0. The highest BCUT2D eigenvalue weighted by Crippen LogP contribution is 2.25. The third-order valence-electron chi connectivity index (χ3n) is 4.92. The van der Waals surface area contributed by atoms with Crippen LogP contribution in [-0.2, 0) is 11.2 Å². The number of carbonyl (C=O) groups excluding carboxylic acids is 1. The number of anilines is 1. The van der Waals surface area contributed by atoms with E-state index in [4.69, 9.17) is 9.15 Å². The van der Waals surface area contributed by atoms with Crippen LogP contribution in [-0.4, -0.2) is 17.0 Å². The number of hydrogen-bond donors (Lipinski definition) is 1. The second kappa shape index (κ2) is 7.82.